The van der Waals surface area contributed by atoms with Gasteiger partial charge in [0.15, 0.2) is 6.61 Å². The van der Waals surface area contributed by atoms with Gasteiger partial charge in [0.25, 0.3) is 5.91 Å². The molecule has 0 radical (unpaired) electrons. The SMILES string of the molecule is CC1CC(=O)Nc2ccccc2N1C(=O)COC(=O)c1ccc(CO)cc1. The third-order valence-electron chi connectivity index (χ3n) is 4.33. The molecular weight excluding hydrogens is 348 g/mol. The summed E-state index contributed by atoms with van der Waals surface area (Å²) < 4.78 is 5.15. The number of hydrogen-bond donors (Lipinski definition) is 2. The lowest BCUT2D eigenvalue weighted by atomic mass is 10.1. The molecule has 0 aromatic heterocycles. The number of aliphatic hydroxyl groups is 1. The van der Waals surface area contributed by atoms with Crippen molar-refractivity contribution < 1.29 is 24.2 Å². The molecule has 0 fully saturated rings. The molecule has 1 atom stereocenters. The number of amides is 2. The molecule has 1 heterocycles. The minimum atomic E-state index is -0.627. The number of nitrogens with zero attached hydrogens (tertiary/aromatic N) is 1. The molecule has 7 nitrogen and oxygen atoms in total. The molecule has 1 aliphatic rings. The second-order valence-electron chi connectivity index (χ2n) is 6.31. The first-order chi connectivity index (χ1) is 13.0. The lowest BCUT2D eigenvalue weighted by Crippen LogP contribution is -2.41. The Balaban J connectivity index is 1.72. The number of esters is 1. The number of benzene rings is 2. The minimum absolute atomic E-state index is 0.118. The highest BCUT2D eigenvalue weighted by atomic mass is 16.5. The Morgan fingerprint density at radius 1 is 1.19 bits per heavy atom. The van der Waals surface area contributed by atoms with Gasteiger partial charge in [-0.25, -0.2) is 4.79 Å². The van der Waals surface area contributed by atoms with E-state index >= 15 is 0 Å². The van der Waals surface area contributed by atoms with Crippen molar-refractivity contribution in [1.29, 1.82) is 0 Å². The Morgan fingerprint density at radius 2 is 1.89 bits per heavy atom. The molecule has 1 aliphatic heterocycles. The second-order valence-corrected chi connectivity index (χ2v) is 6.31. The number of carbonyl (C=O) groups excluding carboxylic acids is 3. The van der Waals surface area contributed by atoms with Crippen molar-refractivity contribution in [1.82, 2.24) is 0 Å². The van der Waals surface area contributed by atoms with Gasteiger partial charge in [0.1, 0.15) is 0 Å². The molecule has 27 heavy (non-hydrogen) atoms. The number of hydrogen-bond acceptors (Lipinski definition) is 5. The number of fused-ring (bicyclic) bond motifs is 1. The number of nitrogens with one attached hydrogen (secondary N) is 1. The number of aliphatic hydroxyl groups excluding tert-OH is 1. The fourth-order valence-electron chi connectivity index (χ4n) is 2.99. The summed E-state index contributed by atoms with van der Waals surface area (Å²) in [5.74, 6) is -1.21. The van der Waals surface area contributed by atoms with Crippen molar-refractivity contribution in [3.63, 3.8) is 0 Å². The average Bonchev–Trinajstić information content (AvgIpc) is 2.80. The van der Waals surface area contributed by atoms with Crippen LogP contribution in [0.1, 0.15) is 29.3 Å². The zero-order chi connectivity index (χ0) is 19.4. The first kappa shape index (κ1) is 18.6. The Labute approximate surface area is 156 Å². The molecule has 140 valence electrons. The predicted octanol–water partition coefficient (Wildman–Crippen LogP) is 2.10. The summed E-state index contributed by atoms with van der Waals surface area (Å²) in [6, 6.07) is 12.9. The van der Waals surface area contributed by atoms with E-state index in [-0.39, 0.29) is 25.0 Å². The van der Waals surface area contributed by atoms with Gasteiger partial charge in [-0.15, -0.1) is 0 Å². The van der Waals surface area contributed by atoms with Crippen molar-refractivity contribution in [3.05, 3.63) is 59.7 Å². The van der Waals surface area contributed by atoms with Crippen LogP contribution in [0, 0.1) is 0 Å². The maximum Gasteiger partial charge on any atom is 0.338 e. The molecule has 3 rings (SSSR count). The monoisotopic (exact) mass is 368 g/mol. The number of para-hydroxylation sites is 2. The van der Waals surface area contributed by atoms with Gasteiger partial charge in [-0.2, -0.15) is 0 Å². The summed E-state index contributed by atoms with van der Waals surface area (Å²) in [4.78, 5) is 38.4. The van der Waals surface area contributed by atoms with Gasteiger partial charge in [0, 0.05) is 12.5 Å². The van der Waals surface area contributed by atoms with Crippen LogP contribution in [0.4, 0.5) is 11.4 Å². The van der Waals surface area contributed by atoms with Gasteiger partial charge in [-0.05, 0) is 36.8 Å². The lowest BCUT2D eigenvalue weighted by molar-refractivity contribution is -0.122. The van der Waals surface area contributed by atoms with E-state index in [2.05, 4.69) is 5.32 Å². The first-order valence-electron chi connectivity index (χ1n) is 8.57. The predicted molar refractivity (Wildman–Crippen MR) is 99.3 cm³/mol. The third kappa shape index (κ3) is 4.15. The maximum atomic E-state index is 12.7. The number of rotatable bonds is 4. The lowest BCUT2D eigenvalue weighted by Gasteiger charge is -2.27. The van der Waals surface area contributed by atoms with Gasteiger partial charge >= 0.3 is 5.97 Å². The van der Waals surface area contributed by atoms with Gasteiger partial charge < -0.3 is 20.1 Å². The molecular formula is C20H20N2O5. The molecule has 2 aromatic carbocycles. The third-order valence-corrected chi connectivity index (χ3v) is 4.33. The van der Waals surface area contributed by atoms with Crippen LogP contribution in [0.3, 0.4) is 0 Å². The van der Waals surface area contributed by atoms with E-state index < -0.39 is 18.5 Å². The highest BCUT2D eigenvalue weighted by molar-refractivity contribution is 6.05. The normalized spacial score (nSPS) is 16.1. The molecule has 0 spiro atoms. The highest BCUT2D eigenvalue weighted by Gasteiger charge is 2.30. The zero-order valence-corrected chi connectivity index (χ0v) is 14.8. The van der Waals surface area contributed by atoms with Crippen molar-refractivity contribution in [2.24, 2.45) is 0 Å². The standard InChI is InChI=1S/C20H20N2O5/c1-13-10-18(24)21-16-4-2-3-5-17(16)22(13)19(25)12-27-20(26)15-8-6-14(11-23)7-9-15/h2-9,13,23H,10-12H2,1H3,(H,21,24). The smallest absolute Gasteiger partial charge is 0.338 e. The quantitative estimate of drug-likeness (QED) is 0.806. The van der Waals surface area contributed by atoms with Gasteiger partial charge in [-0.1, -0.05) is 24.3 Å². The van der Waals surface area contributed by atoms with Gasteiger partial charge in [0.2, 0.25) is 5.91 Å². The summed E-state index contributed by atoms with van der Waals surface area (Å²) >= 11 is 0. The van der Waals surface area contributed by atoms with E-state index in [1.54, 1.807) is 43.3 Å². The van der Waals surface area contributed by atoms with Crippen LogP contribution in [0.2, 0.25) is 0 Å². The Kier molecular flexibility index (Phi) is 5.52. The largest absolute Gasteiger partial charge is 0.452 e. The molecule has 2 amide bonds. The molecule has 0 bridgehead atoms. The fraction of sp³-hybridized carbons (Fsp3) is 0.250. The van der Waals surface area contributed by atoms with Crippen LogP contribution in [0.15, 0.2) is 48.5 Å². The van der Waals surface area contributed by atoms with Crippen LogP contribution < -0.4 is 10.2 Å². The summed E-state index contributed by atoms with van der Waals surface area (Å²) in [6.45, 7) is 1.22. The molecule has 1 unspecified atom stereocenters. The first-order valence-corrected chi connectivity index (χ1v) is 8.57. The highest BCUT2D eigenvalue weighted by Crippen LogP contribution is 2.31. The minimum Gasteiger partial charge on any atom is -0.452 e. The van der Waals surface area contributed by atoms with E-state index in [0.29, 0.717) is 22.5 Å². The summed E-state index contributed by atoms with van der Waals surface area (Å²) in [7, 11) is 0. The van der Waals surface area contributed by atoms with Crippen LogP contribution in [0.25, 0.3) is 0 Å². The Bertz CT molecular complexity index is 863. The molecule has 2 N–H and O–H groups in total. The zero-order valence-electron chi connectivity index (χ0n) is 14.8. The fourth-order valence-corrected chi connectivity index (χ4v) is 2.99. The maximum absolute atomic E-state index is 12.7. The average molecular weight is 368 g/mol. The van der Waals surface area contributed by atoms with E-state index in [4.69, 9.17) is 9.84 Å². The number of ether oxygens (including phenoxy) is 1. The number of anilines is 2. The van der Waals surface area contributed by atoms with Crippen molar-refractivity contribution in [2.75, 3.05) is 16.8 Å². The Hall–Kier alpha value is -3.19. The van der Waals surface area contributed by atoms with Crippen molar-refractivity contribution >= 4 is 29.2 Å². The molecule has 2 aromatic rings. The second kappa shape index (κ2) is 8.01. The van der Waals surface area contributed by atoms with E-state index in [0.717, 1.165) is 0 Å². The number of carbonyl (C=O) groups is 3. The van der Waals surface area contributed by atoms with Gasteiger partial charge in [-0.3, -0.25) is 9.59 Å². The van der Waals surface area contributed by atoms with Crippen LogP contribution in [-0.4, -0.2) is 35.5 Å². The van der Waals surface area contributed by atoms with Crippen molar-refractivity contribution in [3.8, 4) is 0 Å². The topological polar surface area (TPSA) is 95.9 Å². The molecule has 7 heteroatoms. The summed E-state index contributed by atoms with van der Waals surface area (Å²) in [5, 5.41) is 11.8. The van der Waals surface area contributed by atoms with E-state index in [9.17, 15) is 14.4 Å². The van der Waals surface area contributed by atoms with Gasteiger partial charge in [0.05, 0.1) is 23.5 Å². The van der Waals surface area contributed by atoms with Crippen molar-refractivity contribution in [2.45, 2.75) is 26.0 Å². The van der Waals surface area contributed by atoms with Crippen LogP contribution in [-0.2, 0) is 20.9 Å². The Morgan fingerprint density at radius 3 is 2.59 bits per heavy atom. The van der Waals surface area contributed by atoms with E-state index in [1.165, 1.54) is 17.0 Å². The van der Waals surface area contributed by atoms with Crippen LogP contribution >= 0.6 is 0 Å². The summed E-state index contributed by atoms with van der Waals surface area (Å²) in [5.41, 5.74) is 2.09. The van der Waals surface area contributed by atoms with E-state index in [1.807, 2.05) is 0 Å². The molecule has 0 saturated heterocycles. The van der Waals surface area contributed by atoms with Crippen LogP contribution in [0.5, 0.6) is 0 Å². The summed E-state index contributed by atoms with van der Waals surface area (Å²) in [6.07, 6.45) is 0.150. The molecule has 0 saturated carbocycles. The molecule has 0 aliphatic carbocycles.